The summed E-state index contributed by atoms with van der Waals surface area (Å²) in [6.07, 6.45) is 5.27. The summed E-state index contributed by atoms with van der Waals surface area (Å²) in [4.78, 5) is 12.2. The molecule has 2 rings (SSSR count). The molecule has 0 aliphatic rings. The van der Waals surface area contributed by atoms with Crippen LogP contribution in [0.1, 0.15) is 39.2 Å². The molecule has 1 amide bonds. The average Bonchev–Trinajstić information content (AvgIpc) is 2.88. The number of unbranched alkanes of at least 4 members (excludes halogenated alkanes) is 2. The molecule has 1 aromatic carbocycles. The molecule has 1 N–H and O–H groups in total. The molecule has 0 saturated carbocycles. The number of nitrogens with one attached hydrogen (secondary N) is 1. The monoisotopic (exact) mass is 292 g/mol. The summed E-state index contributed by atoms with van der Waals surface area (Å²) in [5, 5.41) is 4.70. The van der Waals surface area contributed by atoms with Crippen LogP contribution in [0.5, 0.6) is 0 Å². The lowest BCUT2D eigenvalue weighted by atomic mass is 10.2. The molecule has 0 saturated heterocycles. The Labute approximate surface area is 124 Å². The van der Waals surface area contributed by atoms with Gasteiger partial charge in [0, 0.05) is 23.2 Å². The van der Waals surface area contributed by atoms with E-state index in [2.05, 4.69) is 12.2 Å². The molecule has 0 spiro atoms. The molecule has 2 aromatic rings. The quantitative estimate of drug-likeness (QED) is 0.797. The number of carbonyl (C=O) groups is 1. The maximum atomic E-state index is 12.2. The summed E-state index contributed by atoms with van der Waals surface area (Å²) in [6.45, 7) is 4.81. The van der Waals surface area contributed by atoms with Gasteiger partial charge in [-0.1, -0.05) is 37.4 Å². The lowest BCUT2D eigenvalue weighted by Crippen LogP contribution is -2.31. The van der Waals surface area contributed by atoms with Crippen LogP contribution < -0.4 is 5.32 Å². The largest absolute Gasteiger partial charge is 0.354 e. The lowest BCUT2D eigenvalue weighted by molar-refractivity contribution is -0.123. The van der Waals surface area contributed by atoms with E-state index in [4.69, 9.17) is 11.6 Å². The molecule has 4 heteroatoms. The Kier molecular flexibility index (Phi) is 5.07. The summed E-state index contributed by atoms with van der Waals surface area (Å²) < 4.78 is 1.97. The summed E-state index contributed by atoms with van der Waals surface area (Å²) in [7, 11) is 0. The summed E-state index contributed by atoms with van der Waals surface area (Å²) >= 11 is 6.16. The molecule has 0 bridgehead atoms. The van der Waals surface area contributed by atoms with Gasteiger partial charge in [0.2, 0.25) is 5.91 Å². The summed E-state index contributed by atoms with van der Waals surface area (Å²) in [6, 6.07) is 7.49. The first-order valence-corrected chi connectivity index (χ1v) is 7.55. The Hall–Kier alpha value is -1.48. The van der Waals surface area contributed by atoms with Crippen molar-refractivity contribution in [3.8, 4) is 0 Å². The van der Waals surface area contributed by atoms with E-state index in [0.717, 1.165) is 41.7 Å². The second-order valence-electron chi connectivity index (χ2n) is 5.07. The van der Waals surface area contributed by atoms with Crippen molar-refractivity contribution in [1.82, 2.24) is 9.88 Å². The first-order valence-electron chi connectivity index (χ1n) is 7.18. The van der Waals surface area contributed by atoms with Crippen molar-refractivity contribution in [2.24, 2.45) is 0 Å². The Morgan fingerprint density at radius 2 is 2.15 bits per heavy atom. The molecule has 0 fully saturated rings. The fourth-order valence-corrected chi connectivity index (χ4v) is 2.58. The third kappa shape index (κ3) is 3.15. The van der Waals surface area contributed by atoms with E-state index in [0.29, 0.717) is 0 Å². The maximum absolute atomic E-state index is 12.2. The van der Waals surface area contributed by atoms with Crippen LogP contribution in [0.15, 0.2) is 30.5 Å². The second-order valence-corrected chi connectivity index (χ2v) is 5.48. The Morgan fingerprint density at radius 1 is 1.35 bits per heavy atom. The van der Waals surface area contributed by atoms with Crippen LogP contribution in [0.3, 0.4) is 0 Å². The highest BCUT2D eigenvalue weighted by Crippen LogP contribution is 2.26. The molecule has 1 heterocycles. The predicted octanol–water partition coefficient (Wildman–Crippen LogP) is 4.16. The van der Waals surface area contributed by atoms with Crippen molar-refractivity contribution in [2.75, 3.05) is 6.54 Å². The van der Waals surface area contributed by atoms with Crippen LogP contribution in [0.25, 0.3) is 10.9 Å². The van der Waals surface area contributed by atoms with E-state index >= 15 is 0 Å². The van der Waals surface area contributed by atoms with Gasteiger partial charge in [0.15, 0.2) is 0 Å². The maximum Gasteiger partial charge on any atom is 0.242 e. The van der Waals surface area contributed by atoms with E-state index in [9.17, 15) is 4.79 Å². The number of benzene rings is 1. The molecule has 3 nitrogen and oxygen atoms in total. The van der Waals surface area contributed by atoms with Crippen molar-refractivity contribution in [2.45, 2.75) is 39.2 Å². The van der Waals surface area contributed by atoms with Crippen molar-refractivity contribution < 1.29 is 4.79 Å². The Morgan fingerprint density at radius 3 is 2.90 bits per heavy atom. The minimum atomic E-state index is -0.229. The van der Waals surface area contributed by atoms with Gasteiger partial charge in [-0.2, -0.15) is 0 Å². The number of rotatable bonds is 6. The lowest BCUT2D eigenvalue weighted by Gasteiger charge is -2.15. The molecule has 20 heavy (non-hydrogen) atoms. The highest BCUT2D eigenvalue weighted by molar-refractivity contribution is 6.35. The molecule has 0 aliphatic heterocycles. The number of nitrogens with zero attached hydrogens (tertiary/aromatic N) is 1. The van der Waals surface area contributed by atoms with E-state index in [1.165, 1.54) is 0 Å². The summed E-state index contributed by atoms with van der Waals surface area (Å²) in [5.41, 5.74) is 0.994. The average molecular weight is 293 g/mol. The topological polar surface area (TPSA) is 34.0 Å². The number of aromatic nitrogens is 1. The van der Waals surface area contributed by atoms with Crippen LogP contribution >= 0.6 is 11.6 Å². The zero-order valence-electron chi connectivity index (χ0n) is 12.0. The molecular formula is C16H21ClN2O. The van der Waals surface area contributed by atoms with Crippen LogP contribution in [0.4, 0.5) is 0 Å². The first-order chi connectivity index (χ1) is 9.65. The second kappa shape index (κ2) is 6.80. The van der Waals surface area contributed by atoms with Crippen molar-refractivity contribution in [3.63, 3.8) is 0 Å². The minimum Gasteiger partial charge on any atom is -0.354 e. The smallest absolute Gasteiger partial charge is 0.242 e. The van der Waals surface area contributed by atoms with Crippen molar-refractivity contribution in [3.05, 3.63) is 35.5 Å². The summed E-state index contributed by atoms with van der Waals surface area (Å²) in [5.74, 6) is 0.0542. The van der Waals surface area contributed by atoms with Gasteiger partial charge in [-0.15, -0.1) is 0 Å². The predicted molar refractivity (Wildman–Crippen MR) is 84.2 cm³/mol. The minimum absolute atomic E-state index is 0.0542. The molecule has 0 radical (unpaired) electrons. The van der Waals surface area contributed by atoms with Gasteiger partial charge in [0.05, 0.1) is 5.52 Å². The highest BCUT2D eigenvalue weighted by Gasteiger charge is 2.16. The molecule has 1 aromatic heterocycles. The number of hydrogen-bond donors (Lipinski definition) is 1. The SMILES string of the molecule is CCCCCNC(=O)C(C)n1ccc2c(Cl)cccc21. The molecule has 0 aliphatic carbocycles. The number of carbonyl (C=O) groups excluding carboxylic acids is 1. The van der Waals surface area contributed by atoms with E-state index in [1.807, 2.05) is 42.0 Å². The number of halogens is 1. The third-order valence-electron chi connectivity index (χ3n) is 3.59. The van der Waals surface area contributed by atoms with Gasteiger partial charge in [-0.3, -0.25) is 4.79 Å². The van der Waals surface area contributed by atoms with Gasteiger partial charge in [-0.25, -0.2) is 0 Å². The first kappa shape index (κ1) is 14.9. The molecule has 1 unspecified atom stereocenters. The van der Waals surface area contributed by atoms with Gasteiger partial charge in [0.1, 0.15) is 6.04 Å². The van der Waals surface area contributed by atoms with Crippen molar-refractivity contribution in [1.29, 1.82) is 0 Å². The van der Waals surface area contributed by atoms with Crippen LogP contribution in [0.2, 0.25) is 5.02 Å². The molecule has 1 atom stereocenters. The Balaban J connectivity index is 2.09. The van der Waals surface area contributed by atoms with E-state index < -0.39 is 0 Å². The van der Waals surface area contributed by atoms with Gasteiger partial charge < -0.3 is 9.88 Å². The fourth-order valence-electron chi connectivity index (χ4n) is 2.35. The van der Waals surface area contributed by atoms with Crippen LogP contribution in [-0.4, -0.2) is 17.0 Å². The molecule has 108 valence electrons. The number of fused-ring (bicyclic) bond motifs is 1. The highest BCUT2D eigenvalue weighted by atomic mass is 35.5. The van der Waals surface area contributed by atoms with Crippen LogP contribution in [-0.2, 0) is 4.79 Å². The number of hydrogen-bond acceptors (Lipinski definition) is 1. The van der Waals surface area contributed by atoms with Gasteiger partial charge >= 0.3 is 0 Å². The van der Waals surface area contributed by atoms with Crippen LogP contribution in [0, 0.1) is 0 Å². The number of amides is 1. The fraction of sp³-hybridized carbons (Fsp3) is 0.438. The van der Waals surface area contributed by atoms with Gasteiger partial charge in [0.25, 0.3) is 0 Å². The zero-order valence-corrected chi connectivity index (χ0v) is 12.8. The Bertz CT molecular complexity index is 591. The molecular weight excluding hydrogens is 272 g/mol. The van der Waals surface area contributed by atoms with Gasteiger partial charge in [-0.05, 0) is 31.5 Å². The normalized spacial score (nSPS) is 12.6. The third-order valence-corrected chi connectivity index (χ3v) is 3.92. The van der Waals surface area contributed by atoms with E-state index in [-0.39, 0.29) is 11.9 Å². The zero-order chi connectivity index (χ0) is 14.5. The van der Waals surface area contributed by atoms with Crippen molar-refractivity contribution >= 4 is 28.4 Å². The van der Waals surface area contributed by atoms with E-state index in [1.54, 1.807) is 0 Å². The standard InChI is InChI=1S/C16H21ClN2O/c1-3-4-5-10-18-16(20)12(2)19-11-9-13-14(17)7-6-8-15(13)19/h6-9,11-12H,3-5,10H2,1-2H3,(H,18,20).